The summed E-state index contributed by atoms with van der Waals surface area (Å²) in [5, 5.41) is 0.720. The lowest BCUT2D eigenvalue weighted by molar-refractivity contribution is -0.137. The highest BCUT2D eigenvalue weighted by molar-refractivity contribution is 7.89. The van der Waals surface area contributed by atoms with Crippen LogP contribution in [0.1, 0.15) is 29.6 Å². The minimum absolute atomic E-state index is 0.0671. The van der Waals surface area contributed by atoms with Gasteiger partial charge in [0.05, 0.1) is 24.2 Å². The number of aryl methyl sites for hydroxylation is 1. The van der Waals surface area contributed by atoms with E-state index in [1.807, 2.05) is 6.92 Å². The zero-order chi connectivity index (χ0) is 32.5. The Balaban J connectivity index is 1.51. The summed E-state index contributed by atoms with van der Waals surface area (Å²) < 4.78 is 53.4. The molecule has 0 bridgehead atoms. The predicted molar refractivity (Wildman–Crippen MR) is 169 cm³/mol. The van der Waals surface area contributed by atoms with Crippen LogP contribution in [0.4, 0.5) is 10.1 Å². The lowest BCUT2D eigenvalue weighted by Crippen LogP contribution is -2.30. The standard InChI is InChI=1S/C33H27Cl2FN2O6S/c1-20-4-14-28(15-5-20)45(41,42)37(18-22-6-7-23(34)16-29(22)35)19-27-13-12-26(44-27)17-30-32(39)31(33(40)43-3)21(2)38(30)25-10-8-24(36)9-11-25/h4-17H,18-19H2,1-3H3/b30-17+. The zero-order valence-corrected chi connectivity index (χ0v) is 26.7. The van der Waals surface area contributed by atoms with Crippen LogP contribution < -0.4 is 4.90 Å². The molecule has 8 nitrogen and oxygen atoms in total. The average Bonchev–Trinajstić information content (AvgIpc) is 3.55. The van der Waals surface area contributed by atoms with Gasteiger partial charge in [-0.05, 0) is 80.1 Å². The predicted octanol–water partition coefficient (Wildman–Crippen LogP) is 7.30. The van der Waals surface area contributed by atoms with E-state index < -0.39 is 27.6 Å². The van der Waals surface area contributed by atoms with Crippen LogP contribution in [0, 0.1) is 12.7 Å². The summed E-state index contributed by atoms with van der Waals surface area (Å²) >= 11 is 12.5. The summed E-state index contributed by atoms with van der Waals surface area (Å²) in [6.45, 7) is 3.19. The van der Waals surface area contributed by atoms with Gasteiger partial charge in [0.1, 0.15) is 22.9 Å². The lowest BCUT2D eigenvalue weighted by atomic mass is 10.1. The van der Waals surface area contributed by atoms with E-state index in [0.717, 1.165) is 5.56 Å². The second-order valence-corrected chi connectivity index (χ2v) is 13.0. The van der Waals surface area contributed by atoms with Crippen molar-refractivity contribution in [2.75, 3.05) is 12.0 Å². The first-order chi connectivity index (χ1) is 21.4. The molecule has 0 saturated heterocycles. The first-order valence-corrected chi connectivity index (χ1v) is 15.8. The van der Waals surface area contributed by atoms with Gasteiger partial charge in [0, 0.05) is 34.1 Å². The van der Waals surface area contributed by atoms with E-state index in [9.17, 15) is 22.4 Å². The van der Waals surface area contributed by atoms with E-state index in [4.69, 9.17) is 32.4 Å². The Hall–Kier alpha value is -4.22. The summed E-state index contributed by atoms with van der Waals surface area (Å²) in [6.07, 6.45) is 1.43. The fourth-order valence-corrected chi connectivity index (χ4v) is 6.73. The molecular weight excluding hydrogens is 642 g/mol. The first kappa shape index (κ1) is 32.2. The molecule has 0 atom stereocenters. The number of anilines is 1. The molecule has 0 N–H and O–H groups in total. The van der Waals surface area contributed by atoms with Gasteiger partial charge in [0.25, 0.3) is 0 Å². The number of rotatable bonds is 9. The Kier molecular flexibility index (Phi) is 9.31. The van der Waals surface area contributed by atoms with Crippen molar-refractivity contribution in [2.45, 2.75) is 31.8 Å². The number of sulfonamides is 1. The summed E-state index contributed by atoms with van der Waals surface area (Å²) in [6, 6.07) is 19.9. The molecule has 0 aliphatic carbocycles. The van der Waals surface area contributed by atoms with Gasteiger partial charge in [-0.2, -0.15) is 4.31 Å². The van der Waals surface area contributed by atoms with Gasteiger partial charge in [-0.3, -0.25) is 4.79 Å². The number of hydrogen-bond donors (Lipinski definition) is 0. The van der Waals surface area contributed by atoms with Gasteiger partial charge < -0.3 is 14.1 Å². The fraction of sp³-hybridized carbons (Fsp3) is 0.152. The number of Topliss-reactive ketones (excluding diaryl/α,β-unsaturated/α-hetero) is 1. The van der Waals surface area contributed by atoms with Gasteiger partial charge >= 0.3 is 5.97 Å². The zero-order valence-electron chi connectivity index (χ0n) is 24.4. The maximum absolute atomic E-state index is 13.8. The number of nitrogens with zero attached hydrogens (tertiary/aromatic N) is 2. The molecular formula is C33H27Cl2FN2O6S. The third-order valence-corrected chi connectivity index (χ3v) is 9.58. The molecule has 0 unspecified atom stereocenters. The number of carbonyl (C=O) groups excluding carboxylic acids is 2. The molecule has 5 rings (SSSR count). The van der Waals surface area contributed by atoms with Crippen molar-refractivity contribution < 1.29 is 31.6 Å². The van der Waals surface area contributed by atoms with Crippen molar-refractivity contribution in [3.05, 3.63) is 134 Å². The molecule has 0 amide bonds. The second kappa shape index (κ2) is 13.0. The van der Waals surface area contributed by atoms with Crippen molar-refractivity contribution >= 4 is 56.7 Å². The van der Waals surface area contributed by atoms with Gasteiger partial charge in [-0.1, -0.05) is 47.0 Å². The molecule has 0 radical (unpaired) electrons. The maximum atomic E-state index is 13.8. The van der Waals surface area contributed by atoms with Crippen molar-refractivity contribution in [3.8, 4) is 0 Å². The highest BCUT2D eigenvalue weighted by Crippen LogP contribution is 2.36. The van der Waals surface area contributed by atoms with Crippen LogP contribution in [0.5, 0.6) is 0 Å². The average molecular weight is 670 g/mol. The number of methoxy groups -OCH3 is 1. The maximum Gasteiger partial charge on any atom is 0.343 e. The number of furan rings is 1. The van der Waals surface area contributed by atoms with Crippen LogP contribution in [0.25, 0.3) is 6.08 Å². The summed E-state index contributed by atoms with van der Waals surface area (Å²) in [5.41, 5.74) is 2.07. The molecule has 0 saturated carbocycles. The molecule has 4 aromatic rings. The molecule has 0 fully saturated rings. The van der Waals surface area contributed by atoms with E-state index in [0.29, 0.717) is 27.0 Å². The van der Waals surface area contributed by atoms with Crippen LogP contribution in [0.15, 0.2) is 105 Å². The highest BCUT2D eigenvalue weighted by Gasteiger charge is 2.38. The summed E-state index contributed by atoms with van der Waals surface area (Å²) in [5.74, 6) is -1.39. The molecule has 2 heterocycles. The molecule has 3 aromatic carbocycles. The normalized spacial score (nSPS) is 14.6. The van der Waals surface area contributed by atoms with Crippen LogP contribution in [0.2, 0.25) is 10.0 Å². The molecule has 232 valence electrons. The van der Waals surface area contributed by atoms with Crippen molar-refractivity contribution in [2.24, 2.45) is 0 Å². The number of allylic oxidation sites excluding steroid dienone is 2. The molecule has 45 heavy (non-hydrogen) atoms. The van der Waals surface area contributed by atoms with Crippen LogP contribution in [0.3, 0.4) is 0 Å². The van der Waals surface area contributed by atoms with Gasteiger partial charge in [-0.15, -0.1) is 0 Å². The van der Waals surface area contributed by atoms with Crippen molar-refractivity contribution in [1.29, 1.82) is 0 Å². The number of halogens is 3. The molecule has 1 aliphatic heterocycles. The number of esters is 1. The Labute approximate surface area is 270 Å². The van der Waals surface area contributed by atoms with Gasteiger partial charge in [0.15, 0.2) is 0 Å². The van der Waals surface area contributed by atoms with E-state index >= 15 is 0 Å². The summed E-state index contributed by atoms with van der Waals surface area (Å²) in [7, 11) is -2.85. The number of benzene rings is 3. The number of ketones is 1. The lowest BCUT2D eigenvalue weighted by Gasteiger charge is -2.22. The third-order valence-electron chi connectivity index (χ3n) is 7.19. The van der Waals surface area contributed by atoms with Gasteiger partial charge in [0.2, 0.25) is 15.8 Å². The minimum atomic E-state index is -4.02. The van der Waals surface area contributed by atoms with Gasteiger partial charge in [-0.25, -0.2) is 17.6 Å². The first-order valence-electron chi connectivity index (χ1n) is 13.6. The van der Waals surface area contributed by atoms with E-state index in [-0.39, 0.29) is 40.8 Å². The molecule has 0 spiro atoms. The Morgan fingerprint density at radius 2 is 1.67 bits per heavy atom. The van der Waals surface area contributed by atoms with Crippen LogP contribution >= 0.6 is 23.2 Å². The second-order valence-electron chi connectivity index (χ2n) is 10.2. The highest BCUT2D eigenvalue weighted by atomic mass is 35.5. The number of hydrogen-bond acceptors (Lipinski definition) is 7. The van der Waals surface area contributed by atoms with Crippen molar-refractivity contribution in [3.63, 3.8) is 0 Å². The largest absolute Gasteiger partial charge is 0.465 e. The quantitative estimate of drug-likeness (QED) is 0.105. The fourth-order valence-electron chi connectivity index (χ4n) is 4.87. The monoisotopic (exact) mass is 668 g/mol. The summed E-state index contributed by atoms with van der Waals surface area (Å²) in [4.78, 5) is 27.5. The number of ether oxygens (including phenoxy) is 1. The molecule has 1 aliphatic rings. The van der Waals surface area contributed by atoms with E-state index in [1.165, 1.54) is 64.9 Å². The van der Waals surface area contributed by atoms with E-state index in [2.05, 4.69) is 0 Å². The van der Waals surface area contributed by atoms with E-state index in [1.54, 1.807) is 43.3 Å². The topological polar surface area (TPSA) is 97.1 Å². The Bertz CT molecular complexity index is 1950. The van der Waals surface area contributed by atoms with Crippen molar-refractivity contribution in [1.82, 2.24) is 4.31 Å². The molecule has 1 aromatic heterocycles. The minimum Gasteiger partial charge on any atom is -0.465 e. The molecule has 12 heteroatoms. The number of carbonyl (C=O) groups is 2. The SMILES string of the molecule is COC(=O)C1=C(C)N(c2ccc(F)cc2)/C(=C/c2ccc(CN(Cc3ccc(Cl)cc3Cl)S(=O)(=O)c3ccc(C)cc3)o2)C1=O. The third kappa shape index (κ3) is 6.74. The smallest absolute Gasteiger partial charge is 0.343 e. The van der Waals surface area contributed by atoms with Crippen LogP contribution in [-0.2, 0) is 37.4 Å². The van der Waals surface area contributed by atoms with Crippen LogP contribution in [-0.4, -0.2) is 31.6 Å². The Morgan fingerprint density at radius 1 is 0.978 bits per heavy atom. The Morgan fingerprint density at radius 3 is 2.31 bits per heavy atom.